The van der Waals surface area contributed by atoms with Gasteiger partial charge in [-0.3, -0.25) is 14.2 Å². The standard InChI is InChI=1S/C20H21N3O3S2/c1-4-10-23-19(25)15-9-11-27-18(15)21-20(23)28-13-17(24)22(2)12-14-7-5-6-8-16(14)26-3/h4-9,11H,1,10,12-13H2,2-3H3. The van der Waals surface area contributed by atoms with Crippen molar-refractivity contribution in [3.63, 3.8) is 0 Å². The van der Waals surface area contributed by atoms with E-state index in [0.29, 0.717) is 28.5 Å². The van der Waals surface area contributed by atoms with E-state index in [1.165, 1.54) is 23.1 Å². The molecule has 1 amide bonds. The highest BCUT2D eigenvalue weighted by atomic mass is 32.2. The molecule has 2 aromatic heterocycles. The predicted molar refractivity (Wildman–Crippen MR) is 114 cm³/mol. The van der Waals surface area contributed by atoms with Crippen molar-refractivity contribution in [2.75, 3.05) is 19.9 Å². The summed E-state index contributed by atoms with van der Waals surface area (Å²) in [6.07, 6.45) is 1.65. The van der Waals surface area contributed by atoms with Crippen molar-refractivity contribution in [2.24, 2.45) is 0 Å². The van der Waals surface area contributed by atoms with Crippen LogP contribution in [0.4, 0.5) is 0 Å². The Morgan fingerprint density at radius 3 is 2.93 bits per heavy atom. The van der Waals surface area contributed by atoms with Crippen LogP contribution in [0.15, 0.2) is 58.3 Å². The van der Waals surface area contributed by atoms with E-state index in [9.17, 15) is 9.59 Å². The van der Waals surface area contributed by atoms with E-state index >= 15 is 0 Å². The zero-order valence-electron chi connectivity index (χ0n) is 15.8. The number of hydrogen-bond acceptors (Lipinski definition) is 6. The Bertz CT molecular complexity index is 1060. The lowest BCUT2D eigenvalue weighted by molar-refractivity contribution is -0.127. The van der Waals surface area contributed by atoms with Crippen molar-refractivity contribution in [2.45, 2.75) is 18.2 Å². The molecule has 146 valence electrons. The van der Waals surface area contributed by atoms with E-state index in [1.54, 1.807) is 35.8 Å². The second kappa shape index (κ2) is 9.07. The minimum Gasteiger partial charge on any atom is -0.496 e. The van der Waals surface area contributed by atoms with Crippen molar-refractivity contribution in [1.29, 1.82) is 0 Å². The van der Waals surface area contributed by atoms with Crippen LogP contribution in [0.25, 0.3) is 10.2 Å². The molecule has 0 bridgehead atoms. The Morgan fingerprint density at radius 1 is 1.39 bits per heavy atom. The van der Waals surface area contributed by atoms with Crippen LogP contribution in [-0.4, -0.2) is 40.3 Å². The van der Waals surface area contributed by atoms with Crippen LogP contribution in [0.5, 0.6) is 5.75 Å². The number of thiophene rings is 1. The van der Waals surface area contributed by atoms with Gasteiger partial charge in [-0.25, -0.2) is 4.98 Å². The van der Waals surface area contributed by atoms with Gasteiger partial charge in [0, 0.05) is 25.7 Å². The van der Waals surface area contributed by atoms with E-state index in [-0.39, 0.29) is 17.2 Å². The lowest BCUT2D eigenvalue weighted by Gasteiger charge is -2.19. The van der Waals surface area contributed by atoms with Gasteiger partial charge in [0.1, 0.15) is 10.6 Å². The minimum atomic E-state index is -0.108. The lowest BCUT2D eigenvalue weighted by atomic mass is 10.2. The fourth-order valence-electron chi connectivity index (χ4n) is 2.74. The maximum atomic E-state index is 12.6. The van der Waals surface area contributed by atoms with Gasteiger partial charge >= 0.3 is 0 Å². The molecule has 6 nitrogen and oxygen atoms in total. The first-order valence-corrected chi connectivity index (χ1v) is 10.5. The monoisotopic (exact) mass is 415 g/mol. The van der Waals surface area contributed by atoms with Gasteiger partial charge in [-0.05, 0) is 17.5 Å². The molecule has 0 saturated heterocycles. The SMILES string of the molecule is C=CCn1c(SCC(=O)N(C)Cc2ccccc2OC)nc2sccc2c1=O. The maximum Gasteiger partial charge on any atom is 0.263 e. The van der Waals surface area contributed by atoms with E-state index < -0.39 is 0 Å². The number of allylic oxidation sites excluding steroid dienone is 1. The highest BCUT2D eigenvalue weighted by Crippen LogP contribution is 2.23. The molecular formula is C20H21N3O3S2. The largest absolute Gasteiger partial charge is 0.496 e. The van der Waals surface area contributed by atoms with Crippen molar-refractivity contribution in [3.8, 4) is 5.75 Å². The number of amides is 1. The van der Waals surface area contributed by atoms with E-state index in [1.807, 2.05) is 29.6 Å². The molecule has 0 aliphatic carbocycles. The number of rotatable bonds is 8. The summed E-state index contributed by atoms with van der Waals surface area (Å²) in [5.74, 6) is 0.882. The molecule has 0 aliphatic heterocycles. The fourth-order valence-corrected chi connectivity index (χ4v) is 4.50. The number of ether oxygens (including phenoxy) is 1. The number of para-hydroxylation sites is 1. The molecule has 0 atom stereocenters. The van der Waals surface area contributed by atoms with Gasteiger partial charge in [-0.2, -0.15) is 0 Å². The van der Waals surface area contributed by atoms with Crippen LogP contribution < -0.4 is 10.3 Å². The highest BCUT2D eigenvalue weighted by Gasteiger charge is 2.16. The second-order valence-corrected chi connectivity index (χ2v) is 7.93. The van der Waals surface area contributed by atoms with Gasteiger partial charge in [-0.1, -0.05) is 36.0 Å². The zero-order valence-corrected chi connectivity index (χ0v) is 17.4. The van der Waals surface area contributed by atoms with Crippen LogP contribution in [-0.2, 0) is 17.9 Å². The highest BCUT2D eigenvalue weighted by molar-refractivity contribution is 7.99. The molecule has 1 aromatic carbocycles. The average molecular weight is 416 g/mol. The number of hydrogen-bond donors (Lipinski definition) is 0. The molecule has 28 heavy (non-hydrogen) atoms. The molecule has 2 heterocycles. The zero-order chi connectivity index (χ0) is 20.1. The number of methoxy groups -OCH3 is 1. The van der Waals surface area contributed by atoms with Gasteiger partial charge in [-0.15, -0.1) is 17.9 Å². The molecule has 0 unspecified atom stereocenters. The number of carbonyl (C=O) groups excluding carboxylic acids is 1. The van der Waals surface area contributed by atoms with E-state index in [2.05, 4.69) is 11.6 Å². The summed E-state index contributed by atoms with van der Waals surface area (Å²) in [6.45, 7) is 4.51. The summed E-state index contributed by atoms with van der Waals surface area (Å²) >= 11 is 2.68. The van der Waals surface area contributed by atoms with Crippen LogP contribution in [0.1, 0.15) is 5.56 Å². The van der Waals surface area contributed by atoms with Crippen LogP contribution >= 0.6 is 23.1 Å². The van der Waals surface area contributed by atoms with E-state index in [4.69, 9.17) is 4.74 Å². The Hall–Kier alpha value is -2.58. The average Bonchev–Trinajstić information content (AvgIpc) is 3.17. The number of fused-ring (bicyclic) bond motifs is 1. The fraction of sp³-hybridized carbons (Fsp3) is 0.250. The normalized spacial score (nSPS) is 10.8. The summed E-state index contributed by atoms with van der Waals surface area (Å²) < 4.78 is 6.90. The number of carbonyl (C=O) groups is 1. The molecule has 0 N–H and O–H groups in total. The molecule has 0 saturated carbocycles. The van der Waals surface area contributed by atoms with Gasteiger partial charge < -0.3 is 9.64 Å². The molecule has 3 aromatic rings. The third-order valence-electron chi connectivity index (χ3n) is 4.21. The molecule has 3 rings (SSSR count). The van der Waals surface area contributed by atoms with Crippen molar-refractivity contribution < 1.29 is 9.53 Å². The van der Waals surface area contributed by atoms with Crippen molar-refractivity contribution in [1.82, 2.24) is 14.5 Å². The van der Waals surface area contributed by atoms with Crippen molar-refractivity contribution in [3.05, 3.63) is 64.3 Å². The summed E-state index contributed by atoms with van der Waals surface area (Å²) in [5, 5.41) is 2.97. The molecule has 0 aliphatic rings. The Labute approximate surface area is 171 Å². The molecule has 0 spiro atoms. The Morgan fingerprint density at radius 2 is 2.18 bits per heavy atom. The molecular weight excluding hydrogens is 394 g/mol. The van der Waals surface area contributed by atoms with Gasteiger partial charge in [0.25, 0.3) is 5.56 Å². The summed E-state index contributed by atoms with van der Waals surface area (Å²) in [7, 11) is 3.36. The summed E-state index contributed by atoms with van der Waals surface area (Å²) in [4.78, 5) is 32.2. The van der Waals surface area contributed by atoms with Crippen LogP contribution in [0.3, 0.4) is 0 Å². The van der Waals surface area contributed by atoms with Crippen molar-refractivity contribution >= 4 is 39.2 Å². The summed E-state index contributed by atoms with van der Waals surface area (Å²) in [5.41, 5.74) is 0.830. The van der Waals surface area contributed by atoms with E-state index in [0.717, 1.165) is 11.3 Å². The van der Waals surface area contributed by atoms with Gasteiger partial charge in [0.2, 0.25) is 5.91 Å². The third-order valence-corrected chi connectivity index (χ3v) is 5.98. The van der Waals surface area contributed by atoms with Crippen LogP contribution in [0, 0.1) is 0 Å². The molecule has 8 heteroatoms. The first-order chi connectivity index (χ1) is 13.5. The minimum absolute atomic E-state index is 0.0541. The predicted octanol–water partition coefficient (Wildman–Crippen LogP) is 3.40. The number of benzene rings is 1. The summed E-state index contributed by atoms with van der Waals surface area (Å²) in [6, 6.07) is 9.39. The number of thioether (sulfide) groups is 1. The molecule has 0 radical (unpaired) electrons. The maximum absolute atomic E-state index is 12.6. The Balaban J connectivity index is 1.74. The number of nitrogens with zero attached hydrogens (tertiary/aromatic N) is 3. The Kier molecular flexibility index (Phi) is 6.53. The van der Waals surface area contributed by atoms with Crippen LogP contribution in [0.2, 0.25) is 0 Å². The lowest BCUT2D eigenvalue weighted by Crippen LogP contribution is -2.29. The first-order valence-electron chi connectivity index (χ1n) is 8.62. The quantitative estimate of drug-likeness (QED) is 0.321. The number of aromatic nitrogens is 2. The molecule has 0 fully saturated rings. The first kappa shape index (κ1) is 20.2. The van der Waals surface area contributed by atoms with Gasteiger partial charge in [0.15, 0.2) is 5.16 Å². The third kappa shape index (κ3) is 4.28. The topological polar surface area (TPSA) is 64.4 Å². The van der Waals surface area contributed by atoms with Gasteiger partial charge in [0.05, 0.1) is 18.2 Å². The smallest absolute Gasteiger partial charge is 0.263 e. The second-order valence-electron chi connectivity index (χ2n) is 6.09.